The van der Waals surface area contributed by atoms with Crippen LogP contribution in [-0.4, -0.2) is 33.1 Å². The Bertz CT molecular complexity index is 1120. The highest BCUT2D eigenvalue weighted by molar-refractivity contribution is 7.10. The third kappa shape index (κ3) is 6.14. The van der Waals surface area contributed by atoms with Gasteiger partial charge in [-0.05, 0) is 60.3 Å². The first-order chi connectivity index (χ1) is 15.9. The van der Waals surface area contributed by atoms with Gasteiger partial charge in [0.2, 0.25) is 0 Å². The van der Waals surface area contributed by atoms with Crippen molar-refractivity contribution >= 4 is 29.2 Å². The lowest BCUT2D eigenvalue weighted by molar-refractivity contribution is -0.118. The third-order valence-electron chi connectivity index (χ3n) is 4.93. The number of methoxy groups -OCH3 is 3. The molecule has 0 aliphatic carbocycles. The number of hydrogen-bond acceptors (Lipinski definition) is 6. The lowest BCUT2D eigenvalue weighted by Gasteiger charge is -2.17. The van der Waals surface area contributed by atoms with Crippen LogP contribution in [0.3, 0.4) is 0 Å². The number of carbonyl (C=O) groups excluding carboxylic acids is 2. The fourth-order valence-electron chi connectivity index (χ4n) is 3.10. The van der Waals surface area contributed by atoms with Gasteiger partial charge in [-0.1, -0.05) is 18.2 Å². The average Bonchev–Trinajstić information content (AvgIpc) is 3.36. The van der Waals surface area contributed by atoms with E-state index in [2.05, 4.69) is 10.6 Å². The molecule has 0 fully saturated rings. The van der Waals surface area contributed by atoms with Crippen LogP contribution in [0.2, 0.25) is 0 Å². The minimum absolute atomic E-state index is 0.137. The maximum atomic E-state index is 13.1. The van der Waals surface area contributed by atoms with Crippen molar-refractivity contribution in [2.75, 3.05) is 21.3 Å². The zero-order valence-electron chi connectivity index (χ0n) is 18.9. The van der Waals surface area contributed by atoms with Crippen molar-refractivity contribution in [1.82, 2.24) is 10.6 Å². The van der Waals surface area contributed by atoms with E-state index in [1.807, 2.05) is 48.7 Å². The molecule has 8 heteroatoms. The van der Waals surface area contributed by atoms with Crippen LogP contribution >= 0.6 is 11.3 Å². The van der Waals surface area contributed by atoms with Crippen LogP contribution in [0.15, 0.2) is 65.7 Å². The normalized spacial score (nSPS) is 11.9. The molecule has 3 aromatic rings. The van der Waals surface area contributed by atoms with E-state index in [9.17, 15) is 9.59 Å². The van der Waals surface area contributed by atoms with Gasteiger partial charge in [-0.25, -0.2) is 0 Å². The molecule has 172 valence electrons. The minimum atomic E-state index is -0.439. The molecule has 2 amide bonds. The fraction of sp³-hybridized carbons (Fsp3) is 0.200. The van der Waals surface area contributed by atoms with E-state index in [-0.39, 0.29) is 11.7 Å². The molecule has 0 radical (unpaired) electrons. The zero-order chi connectivity index (χ0) is 23.8. The van der Waals surface area contributed by atoms with E-state index in [0.717, 1.165) is 16.2 Å². The van der Waals surface area contributed by atoms with E-state index in [4.69, 9.17) is 14.2 Å². The lowest BCUT2D eigenvalue weighted by Crippen LogP contribution is -2.36. The molecule has 0 bridgehead atoms. The molecule has 1 aromatic heterocycles. The van der Waals surface area contributed by atoms with Gasteiger partial charge in [0.1, 0.15) is 11.4 Å². The van der Waals surface area contributed by atoms with E-state index in [1.54, 1.807) is 31.4 Å². The number of carbonyl (C=O) groups is 2. The highest BCUT2D eigenvalue weighted by atomic mass is 32.1. The van der Waals surface area contributed by atoms with Gasteiger partial charge >= 0.3 is 0 Å². The number of benzene rings is 2. The van der Waals surface area contributed by atoms with Crippen molar-refractivity contribution < 1.29 is 23.8 Å². The van der Waals surface area contributed by atoms with Gasteiger partial charge in [0.15, 0.2) is 11.5 Å². The first-order valence-corrected chi connectivity index (χ1v) is 11.1. The highest BCUT2D eigenvalue weighted by Crippen LogP contribution is 2.27. The predicted octanol–water partition coefficient (Wildman–Crippen LogP) is 4.42. The lowest BCUT2D eigenvalue weighted by atomic mass is 10.1. The Morgan fingerprint density at radius 2 is 1.67 bits per heavy atom. The van der Waals surface area contributed by atoms with Crippen LogP contribution < -0.4 is 24.8 Å². The summed E-state index contributed by atoms with van der Waals surface area (Å²) in [6.07, 6.45) is 1.65. The van der Waals surface area contributed by atoms with E-state index in [1.165, 1.54) is 25.6 Å². The SMILES string of the molecule is COc1ccc(C(C)NC(=O)/C(=C/c2cccs2)NC(=O)c2ccc(OC)c(OC)c2)cc1. The molecule has 2 N–H and O–H groups in total. The van der Waals surface area contributed by atoms with E-state index in [0.29, 0.717) is 17.1 Å². The largest absolute Gasteiger partial charge is 0.497 e. The molecule has 7 nitrogen and oxygen atoms in total. The highest BCUT2D eigenvalue weighted by Gasteiger charge is 2.19. The first kappa shape index (κ1) is 23.9. The Morgan fingerprint density at radius 3 is 2.27 bits per heavy atom. The summed E-state index contributed by atoms with van der Waals surface area (Å²) in [6, 6.07) is 15.7. The van der Waals surface area contributed by atoms with Gasteiger partial charge in [0.25, 0.3) is 11.8 Å². The van der Waals surface area contributed by atoms with Gasteiger partial charge in [0, 0.05) is 10.4 Å². The Hall–Kier alpha value is -3.78. The molecule has 3 rings (SSSR count). The number of amides is 2. The maximum Gasteiger partial charge on any atom is 0.268 e. The second-order valence-corrected chi connectivity index (χ2v) is 8.04. The van der Waals surface area contributed by atoms with E-state index >= 15 is 0 Å². The molecule has 1 atom stereocenters. The second kappa shape index (κ2) is 11.2. The van der Waals surface area contributed by atoms with E-state index < -0.39 is 11.8 Å². The fourth-order valence-corrected chi connectivity index (χ4v) is 3.75. The first-order valence-electron chi connectivity index (χ1n) is 10.2. The van der Waals surface area contributed by atoms with Gasteiger partial charge in [-0.15, -0.1) is 11.3 Å². The molecule has 0 spiro atoms. The smallest absolute Gasteiger partial charge is 0.268 e. The van der Waals surface area contributed by atoms with Crippen LogP contribution in [0, 0.1) is 0 Å². The van der Waals surface area contributed by atoms with Crippen molar-refractivity contribution in [3.05, 3.63) is 81.7 Å². The number of hydrogen-bond donors (Lipinski definition) is 2. The van der Waals surface area contributed by atoms with Crippen LogP contribution in [0.1, 0.15) is 33.8 Å². The molecule has 1 heterocycles. The van der Waals surface area contributed by atoms with Crippen LogP contribution in [0.5, 0.6) is 17.2 Å². The summed E-state index contributed by atoms with van der Waals surface area (Å²) in [5, 5.41) is 7.58. The molecule has 0 aliphatic heterocycles. The monoisotopic (exact) mass is 466 g/mol. The Labute approximate surface area is 197 Å². The second-order valence-electron chi connectivity index (χ2n) is 7.07. The van der Waals surface area contributed by atoms with Crippen molar-refractivity contribution in [2.24, 2.45) is 0 Å². The average molecular weight is 467 g/mol. The Kier molecular flexibility index (Phi) is 8.10. The quantitative estimate of drug-likeness (QED) is 0.456. The van der Waals surface area contributed by atoms with Crippen molar-refractivity contribution in [1.29, 1.82) is 0 Å². The summed E-state index contributed by atoms with van der Waals surface area (Å²) >= 11 is 1.46. The van der Waals surface area contributed by atoms with Crippen molar-refractivity contribution in [2.45, 2.75) is 13.0 Å². The summed E-state index contributed by atoms with van der Waals surface area (Å²) < 4.78 is 15.7. The Morgan fingerprint density at radius 1 is 0.939 bits per heavy atom. The summed E-state index contributed by atoms with van der Waals surface area (Å²) in [5.74, 6) is 0.824. The standard InChI is InChI=1S/C25H26N2O5S/c1-16(17-7-10-19(30-2)11-8-17)26-25(29)21(15-20-6-5-13-33-20)27-24(28)18-9-12-22(31-3)23(14-18)32-4/h5-16H,1-4H3,(H,26,29)(H,27,28)/b21-15-. The van der Waals surface area contributed by atoms with Gasteiger partial charge < -0.3 is 24.8 Å². The third-order valence-corrected chi connectivity index (χ3v) is 5.75. The maximum absolute atomic E-state index is 13.1. The number of thiophene rings is 1. The molecular formula is C25H26N2O5S. The van der Waals surface area contributed by atoms with Crippen LogP contribution in [0.4, 0.5) is 0 Å². The molecule has 0 saturated heterocycles. The molecule has 33 heavy (non-hydrogen) atoms. The summed E-state index contributed by atoms with van der Waals surface area (Å²) in [4.78, 5) is 26.9. The minimum Gasteiger partial charge on any atom is -0.497 e. The zero-order valence-corrected chi connectivity index (χ0v) is 19.7. The number of rotatable bonds is 9. The van der Waals surface area contributed by atoms with Crippen molar-refractivity contribution in [3.63, 3.8) is 0 Å². The molecule has 1 unspecified atom stereocenters. The molecular weight excluding hydrogens is 440 g/mol. The van der Waals surface area contributed by atoms with Gasteiger partial charge in [-0.2, -0.15) is 0 Å². The molecule has 0 aliphatic rings. The number of ether oxygens (including phenoxy) is 3. The predicted molar refractivity (Wildman–Crippen MR) is 129 cm³/mol. The van der Waals surface area contributed by atoms with Crippen LogP contribution in [0.25, 0.3) is 6.08 Å². The Balaban J connectivity index is 1.81. The summed E-state index contributed by atoms with van der Waals surface area (Å²) in [5.41, 5.74) is 1.38. The molecule has 2 aromatic carbocycles. The van der Waals surface area contributed by atoms with Crippen LogP contribution in [-0.2, 0) is 4.79 Å². The van der Waals surface area contributed by atoms with Gasteiger partial charge in [-0.3, -0.25) is 9.59 Å². The molecule has 0 saturated carbocycles. The van der Waals surface area contributed by atoms with Gasteiger partial charge in [0.05, 0.1) is 27.4 Å². The summed E-state index contributed by atoms with van der Waals surface area (Å²) in [7, 11) is 4.62. The number of nitrogens with one attached hydrogen (secondary N) is 2. The topological polar surface area (TPSA) is 85.9 Å². The van der Waals surface area contributed by atoms with Crippen molar-refractivity contribution in [3.8, 4) is 17.2 Å². The summed E-state index contributed by atoms with van der Waals surface area (Å²) in [6.45, 7) is 1.87.